The lowest BCUT2D eigenvalue weighted by atomic mass is 10.0. The van der Waals surface area contributed by atoms with E-state index in [1.807, 2.05) is 0 Å². The molecule has 0 atom stereocenters. The van der Waals surface area contributed by atoms with Gasteiger partial charge in [-0.15, -0.1) is 0 Å². The van der Waals surface area contributed by atoms with Crippen LogP contribution in [0.4, 0.5) is 0 Å². The lowest BCUT2D eigenvalue weighted by Crippen LogP contribution is -2.21. The molecule has 0 N–H and O–H groups in total. The highest BCUT2D eigenvalue weighted by molar-refractivity contribution is 9.10. The van der Waals surface area contributed by atoms with Gasteiger partial charge < -0.3 is 9.47 Å². The van der Waals surface area contributed by atoms with E-state index in [2.05, 4.69) is 25.9 Å². The Morgan fingerprint density at radius 3 is 3.00 bits per heavy atom. The normalized spacial score (nSPS) is 17.7. The molecular weight excluding hydrogens is 260 g/mol. The number of halogens is 1. The predicted octanol–water partition coefficient (Wildman–Crippen LogP) is 2.04. The van der Waals surface area contributed by atoms with Crippen molar-refractivity contribution in [3.8, 4) is 5.88 Å². The molecule has 0 amide bonds. The third kappa shape index (κ3) is 3.14. The topological polar surface area (TPSA) is 44.2 Å². The quantitative estimate of drug-likeness (QED) is 0.845. The molecule has 2 heterocycles. The molecule has 2 rings (SSSR count). The maximum absolute atomic E-state index is 5.62. The first-order valence-corrected chi connectivity index (χ1v) is 5.81. The van der Waals surface area contributed by atoms with Crippen LogP contribution in [0.25, 0.3) is 0 Å². The van der Waals surface area contributed by atoms with Gasteiger partial charge in [-0.05, 0) is 34.7 Å². The standard InChI is InChI=1S/C10H13BrN2O2/c11-9-5-12-7-13-10(9)15-6-8-1-3-14-4-2-8/h5,7-8H,1-4,6H2. The first-order valence-electron chi connectivity index (χ1n) is 5.02. The van der Waals surface area contributed by atoms with E-state index in [9.17, 15) is 0 Å². The van der Waals surface area contributed by atoms with Gasteiger partial charge in [-0.1, -0.05) is 0 Å². The van der Waals surface area contributed by atoms with Gasteiger partial charge in [0.2, 0.25) is 5.88 Å². The van der Waals surface area contributed by atoms with Crippen molar-refractivity contribution in [1.29, 1.82) is 0 Å². The second kappa shape index (κ2) is 5.42. The Morgan fingerprint density at radius 1 is 1.47 bits per heavy atom. The Balaban J connectivity index is 1.84. The fourth-order valence-corrected chi connectivity index (χ4v) is 1.85. The van der Waals surface area contributed by atoms with Crippen molar-refractivity contribution in [2.75, 3.05) is 19.8 Å². The highest BCUT2D eigenvalue weighted by Gasteiger charge is 2.15. The molecule has 15 heavy (non-hydrogen) atoms. The van der Waals surface area contributed by atoms with E-state index in [0.717, 1.165) is 30.5 Å². The fourth-order valence-electron chi connectivity index (χ4n) is 1.52. The summed E-state index contributed by atoms with van der Waals surface area (Å²) >= 11 is 3.35. The summed E-state index contributed by atoms with van der Waals surface area (Å²) in [6.45, 7) is 2.40. The minimum atomic E-state index is 0.584. The van der Waals surface area contributed by atoms with Gasteiger partial charge in [-0.2, -0.15) is 0 Å². The van der Waals surface area contributed by atoms with Crippen molar-refractivity contribution in [3.05, 3.63) is 17.0 Å². The molecule has 0 bridgehead atoms. The Hall–Kier alpha value is -0.680. The van der Waals surface area contributed by atoms with E-state index in [0.29, 0.717) is 18.4 Å². The van der Waals surface area contributed by atoms with Gasteiger partial charge in [-0.25, -0.2) is 9.97 Å². The summed E-state index contributed by atoms with van der Waals surface area (Å²) in [6, 6.07) is 0. The number of hydrogen-bond acceptors (Lipinski definition) is 4. The van der Waals surface area contributed by atoms with Crippen LogP contribution in [0.3, 0.4) is 0 Å². The minimum Gasteiger partial charge on any atom is -0.476 e. The first-order chi connectivity index (χ1) is 7.36. The SMILES string of the molecule is Brc1cncnc1OCC1CCOCC1. The van der Waals surface area contributed by atoms with Gasteiger partial charge in [0.05, 0.1) is 11.1 Å². The molecule has 82 valence electrons. The highest BCUT2D eigenvalue weighted by atomic mass is 79.9. The van der Waals surface area contributed by atoms with Gasteiger partial charge >= 0.3 is 0 Å². The van der Waals surface area contributed by atoms with Crippen molar-refractivity contribution in [3.63, 3.8) is 0 Å². The van der Waals surface area contributed by atoms with Crippen LogP contribution in [0, 0.1) is 5.92 Å². The molecule has 0 saturated carbocycles. The number of hydrogen-bond donors (Lipinski definition) is 0. The van der Waals surface area contributed by atoms with E-state index >= 15 is 0 Å². The fraction of sp³-hybridized carbons (Fsp3) is 0.600. The van der Waals surface area contributed by atoms with Crippen LogP contribution in [0.1, 0.15) is 12.8 Å². The molecule has 1 aromatic heterocycles. The largest absolute Gasteiger partial charge is 0.476 e. The van der Waals surface area contributed by atoms with Crippen LogP contribution in [0.2, 0.25) is 0 Å². The lowest BCUT2D eigenvalue weighted by Gasteiger charge is -2.21. The number of nitrogens with zero attached hydrogens (tertiary/aromatic N) is 2. The van der Waals surface area contributed by atoms with Crippen LogP contribution >= 0.6 is 15.9 Å². The summed E-state index contributed by atoms with van der Waals surface area (Å²) in [7, 11) is 0. The molecule has 1 aliphatic rings. The lowest BCUT2D eigenvalue weighted by molar-refractivity contribution is 0.0489. The molecular formula is C10H13BrN2O2. The maximum atomic E-state index is 5.62. The van der Waals surface area contributed by atoms with Gasteiger partial charge in [0.25, 0.3) is 0 Å². The van der Waals surface area contributed by atoms with Crippen LogP contribution in [-0.4, -0.2) is 29.8 Å². The van der Waals surface area contributed by atoms with Gasteiger partial charge in [0.1, 0.15) is 6.33 Å². The molecule has 5 heteroatoms. The van der Waals surface area contributed by atoms with Crippen molar-refractivity contribution in [2.24, 2.45) is 5.92 Å². The van der Waals surface area contributed by atoms with Crippen molar-refractivity contribution in [1.82, 2.24) is 9.97 Å². The Kier molecular flexibility index (Phi) is 3.91. The molecule has 0 radical (unpaired) electrons. The second-order valence-corrected chi connectivity index (χ2v) is 4.40. The maximum Gasteiger partial charge on any atom is 0.231 e. The molecule has 0 spiro atoms. The second-order valence-electron chi connectivity index (χ2n) is 3.54. The first kappa shape index (κ1) is 10.8. The van der Waals surface area contributed by atoms with Gasteiger partial charge in [-0.3, -0.25) is 0 Å². The van der Waals surface area contributed by atoms with E-state index in [-0.39, 0.29) is 0 Å². The van der Waals surface area contributed by atoms with E-state index in [4.69, 9.17) is 9.47 Å². The monoisotopic (exact) mass is 272 g/mol. The summed E-state index contributed by atoms with van der Waals surface area (Å²) in [5.41, 5.74) is 0. The average Bonchev–Trinajstić information content (AvgIpc) is 2.29. The zero-order valence-corrected chi connectivity index (χ0v) is 9.94. The Labute approximate surface area is 97.1 Å². The zero-order valence-electron chi connectivity index (χ0n) is 8.36. The predicted molar refractivity (Wildman–Crippen MR) is 58.8 cm³/mol. The van der Waals surface area contributed by atoms with Gasteiger partial charge in [0.15, 0.2) is 0 Å². The average molecular weight is 273 g/mol. The summed E-state index contributed by atoms with van der Waals surface area (Å²) in [5.74, 6) is 1.21. The van der Waals surface area contributed by atoms with E-state index < -0.39 is 0 Å². The summed E-state index contributed by atoms with van der Waals surface area (Å²) in [5, 5.41) is 0. The molecule has 0 aliphatic carbocycles. The van der Waals surface area contributed by atoms with Crippen molar-refractivity contribution < 1.29 is 9.47 Å². The van der Waals surface area contributed by atoms with E-state index in [1.165, 1.54) is 6.33 Å². The molecule has 0 aromatic carbocycles. The van der Waals surface area contributed by atoms with Crippen molar-refractivity contribution >= 4 is 15.9 Å². The third-order valence-electron chi connectivity index (χ3n) is 2.43. The van der Waals surface area contributed by atoms with Gasteiger partial charge in [0, 0.05) is 19.4 Å². The Morgan fingerprint density at radius 2 is 2.27 bits per heavy atom. The van der Waals surface area contributed by atoms with E-state index in [1.54, 1.807) is 6.20 Å². The minimum absolute atomic E-state index is 0.584. The van der Waals surface area contributed by atoms with Crippen LogP contribution in [-0.2, 0) is 4.74 Å². The molecule has 1 aromatic rings. The molecule has 4 nitrogen and oxygen atoms in total. The number of aromatic nitrogens is 2. The zero-order chi connectivity index (χ0) is 10.5. The van der Waals surface area contributed by atoms with Crippen LogP contribution in [0.5, 0.6) is 5.88 Å². The molecule has 0 unspecified atom stereocenters. The highest BCUT2D eigenvalue weighted by Crippen LogP contribution is 2.22. The number of rotatable bonds is 3. The molecule has 1 fully saturated rings. The summed E-state index contributed by atoms with van der Waals surface area (Å²) in [4.78, 5) is 7.93. The van der Waals surface area contributed by atoms with Crippen molar-refractivity contribution in [2.45, 2.75) is 12.8 Å². The summed E-state index contributed by atoms with van der Waals surface area (Å²) in [6.07, 6.45) is 5.32. The smallest absolute Gasteiger partial charge is 0.231 e. The Bertz CT molecular complexity index is 316. The third-order valence-corrected chi connectivity index (χ3v) is 2.97. The number of ether oxygens (including phenoxy) is 2. The van der Waals surface area contributed by atoms with Crippen LogP contribution in [0.15, 0.2) is 17.0 Å². The molecule has 1 saturated heterocycles. The molecule has 1 aliphatic heterocycles. The summed E-state index contributed by atoms with van der Waals surface area (Å²) < 4.78 is 11.7. The van der Waals surface area contributed by atoms with Crippen LogP contribution < -0.4 is 4.74 Å².